The van der Waals surface area contributed by atoms with E-state index in [4.69, 9.17) is 0 Å². The normalized spacial score (nSPS) is 21.0. The Morgan fingerprint density at radius 3 is 2.76 bits per heavy atom. The number of rotatable bonds is 6. The van der Waals surface area contributed by atoms with E-state index < -0.39 is 0 Å². The summed E-state index contributed by atoms with van der Waals surface area (Å²) in [6, 6.07) is 7.98. The van der Waals surface area contributed by atoms with Gasteiger partial charge >= 0.3 is 0 Å². The van der Waals surface area contributed by atoms with Gasteiger partial charge in [-0.15, -0.1) is 0 Å². The molecule has 0 spiro atoms. The molecule has 118 valence electrons. The van der Waals surface area contributed by atoms with Gasteiger partial charge in [-0.2, -0.15) is 0 Å². The van der Waals surface area contributed by atoms with E-state index in [1.807, 2.05) is 12.1 Å². The first-order valence-electron chi connectivity index (χ1n) is 8.27. The van der Waals surface area contributed by atoms with Crippen LogP contribution in [0.15, 0.2) is 24.3 Å². The molecule has 21 heavy (non-hydrogen) atoms. The zero-order valence-electron chi connectivity index (χ0n) is 13.6. The van der Waals surface area contributed by atoms with Crippen molar-refractivity contribution >= 4 is 0 Å². The van der Waals surface area contributed by atoms with Crippen LogP contribution in [-0.4, -0.2) is 36.6 Å². The highest BCUT2D eigenvalue weighted by molar-refractivity contribution is 5.17. The summed E-state index contributed by atoms with van der Waals surface area (Å²) in [6.45, 7) is 10.2. The Balaban J connectivity index is 1.96. The van der Waals surface area contributed by atoms with Crippen LogP contribution >= 0.6 is 0 Å². The zero-order chi connectivity index (χ0) is 15.2. The molecule has 1 aromatic rings. The van der Waals surface area contributed by atoms with Crippen LogP contribution in [0.1, 0.15) is 39.2 Å². The fourth-order valence-electron chi connectivity index (χ4n) is 3.40. The van der Waals surface area contributed by atoms with Crippen LogP contribution in [0.5, 0.6) is 0 Å². The van der Waals surface area contributed by atoms with Crippen LogP contribution < -0.4 is 5.32 Å². The molecule has 1 heterocycles. The number of nitrogens with zero attached hydrogens (tertiary/aromatic N) is 1. The first kappa shape index (κ1) is 16.4. The topological polar surface area (TPSA) is 15.3 Å². The van der Waals surface area contributed by atoms with Gasteiger partial charge < -0.3 is 5.32 Å². The first-order valence-corrected chi connectivity index (χ1v) is 8.27. The van der Waals surface area contributed by atoms with Gasteiger partial charge in [0.05, 0.1) is 0 Å². The highest BCUT2D eigenvalue weighted by atomic mass is 19.1. The van der Waals surface area contributed by atoms with Gasteiger partial charge in [-0.3, -0.25) is 4.90 Å². The second-order valence-electron chi connectivity index (χ2n) is 6.69. The smallest absolute Gasteiger partial charge is 0.123 e. The van der Waals surface area contributed by atoms with Crippen molar-refractivity contribution < 1.29 is 4.39 Å². The van der Waals surface area contributed by atoms with Gasteiger partial charge in [0, 0.05) is 18.6 Å². The van der Waals surface area contributed by atoms with Crippen LogP contribution in [0.2, 0.25) is 0 Å². The molecule has 2 nitrogen and oxygen atoms in total. The van der Waals surface area contributed by atoms with Crippen molar-refractivity contribution in [2.45, 2.75) is 52.1 Å². The van der Waals surface area contributed by atoms with E-state index in [1.165, 1.54) is 18.9 Å². The third kappa shape index (κ3) is 5.08. The lowest BCUT2D eigenvalue weighted by molar-refractivity contribution is 0.126. The number of hydrogen-bond donors (Lipinski definition) is 1. The molecule has 1 fully saturated rings. The second kappa shape index (κ2) is 7.90. The first-order chi connectivity index (χ1) is 10.1. The quantitative estimate of drug-likeness (QED) is 0.863. The SMILES string of the molecule is CC(C)N(CC1CCCNC1)C(C)Cc1cccc(F)c1. The van der Waals surface area contributed by atoms with Crippen molar-refractivity contribution in [2.75, 3.05) is 19.6 Å². The lowest BCUT2D eigenvalue weighted by Crippen LogP contribution is -2.46. The van der Waals surface area contributed by atoms with Crippen LogP contribution in [0.3, 0.4) is 0 Å². The van der Waals surface area contributed by atoms with Crippen molar-refractivity contribution in [3.63, 3.8) is 0 Å². The molecule has 1 aliphatic rings. The van der Waals surface area contributed by atoms with Crippen LogP contribution in [0, 0.1) is 11.7 Å². The summed E-state index contributed by atoms with van der Waals surface area (Å²) in [6.07, 6.45) is 3.52. The van der Waals surface area contributed by atoms with Gasteiger partial charge in [0.1, 0.15) is 5.82 Å². The fraction of sp³-hybridized carbons (Fsp3) is 0.667. The summed E-state index contributed by atoms with van der Waals surface area (Å²) in [7, 11) is 0. The average Bonchev–Trinajstić information content (AvgIpc) is 2.45. The number of piperidine rings is 1. The molecule has 2 unspecified atom stereocenters. The molecule has 1 saturated heterocycles. The number of hydrogen-bond acceptors (Lipinski definition) is 2. The second-order valence-corrected chi connectivity index (χ2v) is 6.69. The Hall–Kier alpha value is -0.930. The summed E-state index contributed by atoms with van der Waals surface area (Å²) < 4.78 is 13.3. The fourth-order valence-corrected chi connectivity index (χ4v) is 3.40. The van der Waals surface area contributed by atoms with Crippen LogP contribution in [0.25, 0.3) is 0 Å². The molecule has 0 saturated carbocycles. The molecule has 2 atom stereocenters. The van der Waals surface area contributed by atoms with Gasteiger partial charge in [0.25, 0.3) is 0 Å². The average molecular weight is 292 g/mol. The van der Waals surface area contributed by atoms with E-state index >= 15 is 0 Å². The van der Waals surface area contributed by atoms with E-state index in [0.29, 0.717) is 12.1 Å². The molecule has 1 aliphatic heterocycles. The van der Waals surface area contributed by atoms with Gasteiger partial charge in [0.2, 0.25) is 0 Å². The summed E-state index contributed by atoms with van der Waals surface area (Å²) >= 11 is 0. The Bertz CT molecular complexity index is 427. The van der Waals surface area contributed by atoms with Gasteiger partial charge in [-0.05, 0) is 76.7 Å². The highest BCUT2D eigenvalue weighted by Gasteiger charge is 2.23. The molecule has 0 amide bonds. The van der Waals surface area contributed by atoms with E-state index in [9.17, 15) is 4.39 Å². The highest BCUT2D eigenvalue weighted by Crippen LogP contribution is 2.18. The van der Waals surface area contributed by atoms with Crippen molar-refractivity contribution in [1.29, 1.82) is 0 Å². The molecule has 3 heteroatoms. The lowest BCUT2D eigenvalue weighted by atomic mass is 9.96. The third-order valence-electron chi connectivity index (χ3n) is 4.52. The monoisotopic (exact) mass is 292 g/mol. The minimum atomic E-state index is -0.132. The van der Waals surface area contributed by atoms with E-state index in [0.717, 1.165) is 37.5 Å². The maximum Gasteiger partial charge on any atom is 0.123 e. The van der Waals surface area contributed by atoms with Gasteiger partial charge in [-0.1, -0.05) is 12.1 Å². The molecule has 0 aromatic heterocycles. The van der Waals surface area contributed by atoms with Crippen molar-refractivity contribution in [2.24, 2.45) is 5.92 Å². The van der Waals surface area contributed by atoms with E-state index in [-0.39, 0.29) is 5.82 Å². The molecular formula is C18H29FN2. The van der Waals surface area contributed by atoms with Crippen LogP contribution in [0.4, 0.5) is 4.39 Å². The predicted octanol–water partition coefficient (Wildman–Crippen LogP) is 3.47. The molecule has 1 aromatic carbocycles. The number of nitrogens with one attached hydrogen (secondary N) is 1. The zero-order valence-corrected chi connectivity index (χ0v) is 13.6. The Kier molecular flexibility index (Phi) is 6.19. The standard InChI is InChI=1S/C18H29FN2/c1-14(2)21(13-17-7-5-9-20-12-17)15(3)10-16-6-4-8-18(19)11-16/h4,6,8,11,14-15,17,20H,5,7,9-10,12-13H2,1-3H3. The largest absolute Gasteiger partial charge is 0.316 e. The Morgan fingerprint density at radius 1 is 1.33 bits per heavy atom. The molecule has 1 N–H and O–H groups in total. The predicted molar refractivity (Wildman–Crippen MR) is 87.0 cm³/mol. The summed E-state index contributed by atoms with van der Waals surface area (Å²) in [5.41, 5.74) is 1.09. The minimum absolute atomic E-state index is 0.132. The van der Waals surface area contributed by atoms with E-state index in [1.54, 1.807) is 6.07 Å². The number of benzene rings is 1. The van der Waals surface area contributed by atoms with Gasteiger partial charge in [0.15, 0.2) is 0 Å². The van der Waals surface area contributed by atoms with Crippen molar-refractivity contribution in [1.82, 2.24) is 10.2 Å². The molecule has 0 aliphatic carbocycles. The maximum atomic E-state index is 13.3. The summed E-state index contributed by atoms with van der Waals surface area (Å²) in [4.78, 5) is 2.57. The lowest BCUT2D eigenvalue weighted by Gasteiger charge is -2.37. The van der Waals surface area contributed by atoms with Crippen LogP contribution in [-0.2, 0) is 6.42 Å². The van der Waals surface area contributed by atoms with Crippen molar-refractivity contribution in [3.05, 3.63) is 35.6 Å². The maximum absolute atomic E-state index is 13.3. The van der Waals surface area contributed by atoms with E-state index in [2.05, 4.69) is 31.0 Å². The number of halogens is 1. The molecular weight excluding hydrogens is 263 g/mol. The Labute approximate surface area is 128 Å². The summed E-state index contributed by atoms with van der Waals surface area (Å²) in [5, 5.41) is 3.50. The molecule has 0 radical (unpaired) electrons. The summed E-state index contributed by atoms with van der Waals surface area (Å²) in [5.74, 6) is 0.614. The van der Waals surface area contributed by atoms with Crippen molar-refractivity contribution in [3.8, 4) is 0 Å². The molecule has 0 bridgehead atoms. The molecule has 2 rings (SSSR count). The minimum Gasteiger partial charge on any atom is -0.316 e. The van der Waals surface area contributed by atoms with Gasteiger partial charge in [-0.25, -0.2) is 4.39 Å². The Morgan fingerprint density at radius 2 is 2.14 bits per heavy atom. The third-order valence-corrected chi connectivity index (χ3v) is 4.52.